The molecule has 45 heavy (non-hydrogen) atoms. The molecule has 210 valence electrons. The largest absolute Gasteiger partial charge is 0.456 e. The van der Waals surface area contributed by atoms with Gasteiger partial charge in [-0.2, -0.15) is 0 Å². The monoisotopic (exact) mass is 591 g/mol. The van der Waals surface area contributed by atoms with Crippen molar-refractivity contribution in [1.82, 2.24) is 4.57 Å². The molecule has 3 heterocycles. The van der Waals surface area contributed by atoms with Crippen LogP contribution in [-0.4, -0.2) is 4.57 Å². The zero-order valence-electron chi connectivity index (χ0n) is 24.2. The number of benzene rings is 7. The number of nitrogens with zero attached hydrogens (tertiary/aromatic N) is 1. The van der Waals surface area contributed by atoms with Crippen molar-refractivity contribution in [2.75, 3.05) is 0 Å². The first-order valence-electron chi connectivity index (χ1n) is 15.3. The minimum absolute atomic E-state index is 0.892. The molecule has 0 fully saturated rings. The Bertz CT molecular complexity index is 2760. The summed E-state index contributed by atoms with van der Waals surface area (Å²) in [5.74, 6) is 0. The molecule has 3 heteroatoms. The Morgan fingerprint density at radius 2 is 1.13 bits per heavy atom. The van der Waals surface area contributed by atoms with Gasteiger partial charge in [0.05, 0.1) is 22.1 Å². The maximum atomic E-state index is 6.63. The van der Waals surface area contributed by atoms with E-state index >= 15 is 0 Å². The zero-order chi connectivity index (χ0) is 29.5. The van der Waals surface area contributed by atoms with Gasteiger partial charge in [-0.05, 0) is 53.1 Å². The molecule has 0 spiro atoms. The van der Waals surface area contributed by atoms with E-state index in [1.165, 1.54) is 64.2 Å². The van der Waals surface area contributed by atoms with E-state index in [0.29, 0.717) is 0 Å². The van der Waals surface area contributed by atoms with Gasteiger partial charge in [0, 0.05) is 41.9 Å². The summed E-state index contributed by atoms with van der Waals surface area (Å²) in [7, 11) is 0. The fraction of sp³-hybridized carbons (Fsp3) is 0. The highest BCUT2D eigenvalue weighted by Gasteiger charge is 2.21. The van der Waals surface area contributed by atoms with Crippen LogP contribution in [-0.2, 0) is 0 Å². The van der Waals surface area contributed by atoms with Crippen LogP contribution in [0.3, 0.4) is 0 Å². The van der Waals surface area contributed by atoms with Gasteiger partial charge >= 0.3 is 0 Å². The summed E-state index contributed by atoms with van der Waals surface area (Å²) in [6.07, 6.45) is 0. The number of rotatable bonds is 3. The highest BCUT2D eigenvalue weighted by atomic mass is 32.1. The van der Waals surface area contributed by atoms with Crippen molar-refractivity contribution in [3.63, 3.8) is 0 Å². The van der Waals surface area contributed by atoms with E-state index in [1.54, 1.807) is 0 Å². The Hall–Kier alpha value is -5.64. The number of hydrogen-bond donors (Lipinski definition) is 0. The van der Waals surface area contributed by atoms with Crippen LogP contribution in [0.2, 0.25) is 0 Å². The van der Waals surface area contributed by atoms with E-state index in [-0.39, 0.29) is 0 Å². The number of para-hydroxylation sites is 1. The fourth-order valence-electron chi connectivity index (χ4n) is 7.26. The van der Waals surface area contributed by atoms with Crippen LogP contribution in [0.4, 0.5) is 0 Å². The molecule has 0 bridgehead atoms. The summed E-state index contributed by atoms with van der Waals surface area (Å²) >= 11 is 1.87. The van der Waals surface area contributed by atoms with E-state index in [0.717, 1.165) is 27.6 Å². The molecule has 0 aliphatic carbocycles. The number of furan rings is 1. The summed E-state index contributed by atoms with van der Waals surface area (Å²) in [5, 5.41) is 7.38. The molecule has 0 saturated heterocycles. The zero-order valence-corrected chi connectivity index (χ0v) is 25.0. The van der Waals surface area contributed by atoms with Gasteiger partial charge in [-0.15, -0.1) is 11.3 Å². The minimum atomic E-state index is 0.892. The SMILES string of the molecule is c1ccc(-c2ccc3c4ccccc4n(-c4cccc5oc6cccc(-c7cccc8c7sc7ccccc78)c6c45)c3c2)cc1. The second-order valence-electron chi connectivity index (χ2n) is 11.7. The van der Waals surface area contributed by atoms with Crippen molar-refractivity contribution in [3.05, 3.63) is 152 Å². The first-order valence-corrected chi connectivity index (χ1v) is 16.1. The lowest BCUT2D eigenvalue weighted by Gasteiger charge is -2.12. The van der Waals surface area contributed by atoms with Crippen LogP contribution in [0.5, 0.6) is 0 Å². The predicted octanol–water partition coefficient (Wildman–Crippen LogP) is 12.4. The van der Waals surface area contributed by atoms with E-state index in [2.05, 4.69) is 156 Å². The lowest BCUT2D eigenvalue weighted by atomic mass is 9.97. The van der Waals surface area contributed by atoms with Gasteiger partial charge in [0.15, 0.2) is 0 Å². The lowest BCUT2D eigenvalue weighted by Crippen LogP contribution is -1.95. The summed E-state index contributed by atoms with van der Waals surface area (Å²) in [4.78, 5) is 0. The molecule has 0 aliphatic heterocycles. The van der Waals surface area contributed by atoms with E-state index < -0.39 is 0 Å². The predicted molar refractivity (Wildman–Crippen MR) is 192 cm³/mol. The van der Waals surface area contributed by atoms with Crippen molar-refractivity contribution < 1.29 is 4.42 Å². The molecular weight excluding hydrogens is 567 g/mol. The topological polar surface area (TPSA) is 18.1 Å². The molecule has 0 atom stereocenters. The third-order valence-electron chi connectivity index (χ3n) is 9.22. The summed E-state index contributed by atoms with van der Waals surface area (Å²) in [6.45, 7) is 0. The number of thiophene rings is 1. The molecule has 3 aromatic heterocycles. The third kappa shape index (κ3) is 3.56. The van der Waals surface area contributed by atoms with Crippen molar-refractivity contribution in [3.8, 4) is 27.9 Å². The molecule has 0 radical (unpaired) electrons. The molecule has 0 saturated carbocycles. The second-order valence-corrected chi connectivity index (χ2v) is 12.7. The van der Waals surface area contributed by atoms with Gasteiger partial charge in [-0.3, -0.25) is 0 Å². The minimum Gasteiger partial charge on any atom is -0.456 e. The van der Waals surface area contributed by atoms with Crippen LogP contribution >= 0.6 is 11.3 Å². The van der Waals surface area contributed by atoms with E-state index in [9.17, 15) is 0 Å². The fourth-order valence-corrected chi connectivity index (χ4v) is 8.49. The average Bonchev–Trinajstić information content (AvgIpc) is 3.78. The molecule has 0 unspecified atom stereocenters. The maximum Gasteiger partial charge on any atom is 0.137 e. The molecule has 2 nitrogen and oxygen atoms in total. The van der Waals surface area contributed by atoms with Gasteiger partial charge in [0.1, 0.15) is 11.2 Å². The lowest BCUT2D eigenvalue weighted by molar-refractivity contribution is 0.669. The molecule has 0 aliphatic rings. The smallest absolute Gasteiger partial charge is 0.137 e. The Balaban J connectivity index is 1.32. The van der Waals surface area contributed by atoms with Crippen molar-refractivity contribution in [1.29, 1.82) is 0 Å². The summed E-state index contributed by atoms with van der Waals surface area (Å²) < 4.78 is 11.7. The van der Waals surface area contributed by atoms with Crippen molar-refractivity contribution >= 4 is 75.3 Å². The average molecular weight is 592 g/mol. The molecule has 10 rings (SSSR count). The van der Waals surface area contributed by atoms with Gasteiger partial charge < -0.3 is 8.98 Å². The molecular formula is C42H25NOS. The Kier molecular flexibility index (Phi) is 5.19. The quantitative estimate of drug-likeness (QED) is 0.200. The molecule has 0 amide bonds. The number of hydrogen-bond acceptors (Lipinski definition) is 2. The third-order valence-corrected chi connectivity index (χ3v) is 10.4. The first kappa shape index (κ1) is 24.8. The van der Waals surface area contributed by atoms with Gasteiger partial charge in [-0.1, -0.05) is 115 Å². The maximum absolute atomic E-state index is 6.63. The molecule has 0 N–H and O–H groups in total. The summed E-state index contributed by atoms with van der Waals surface area (Å²) in [5.41, 5.74) is 10.1. The molecule has 10 aromatic rings. The summed E-state index contributed by atoms with van der Waals surface area (Å²) in [6, 6.07) is 54.6. The first-order chi connectivity index (χ1) is 22.3. The second kappa shape index (κ2) is 9.43. The van der Waals surface area contributed by atoms with Crippen LogP contribution in [0.15, 0.2) is 156 Å². The van der Waals surface area contributed by atoms with Gasteiger partial charge in [0.2, 0.25) is 0 Å². The highest BCUT2D eigenvalue weighted by Crippen LogP contribution is 2.46. The highest BCUT2D eigenvalue weighted by molar-refractivity contribution is 7.26. The van der Waals surface area contributed by atoms with Crippen molar-refractivity contribution in [2.45, 2.75) is 0 Å². The normalized spacial score (nSPS) is 12.0. The Morgan fingerprint density at radius 3 is 2.04 bits per heavy atom. The Labute approximate surface area is 263 Å². The van der Waals surface area contributed by atoms with Crippen LogP contribution < -0.4 is 0 Å². The van der Waals surface area contributed by atoms with E-state index in [1.807, 2.05) is 11.3 Å². The number of fused-ring (bicyclic) bond motifs is 9. The van der Waals surface area contributed by atoms with Gasteiger partial charge in [0.25, 0.3) is 0 Å². The standard InChI is InChI=1S/C42H25NOS/c1-2-11-26(12-3-1)27-23-24-29-28-13-4-6-18-34(28)43(36(29)25-27)35-19-10-21-38-41(35)40-31(15-9-20-37(40)44-38)33-17-8-16-32-30-14-5-7-22-39(30)45-42(32)33/h1-25H. The molecule has 7 aromatic carbocycles. The van der Waals surface area contributed by atoms with Crippen LogP contribution in [0.1, 0.15) is 0 Å². The van der Waals surface area contributed by atoms with Crippen LogP contribution in [0.25, 0.3) is 91.9 Å². The number of aromatic nitrogens is 1. The van der Waals surface area contributed by atoms with Gasteiger partial charge in [-0.25, -0.2) is 0 Å². The van der Waals surface area contributed by atoms with Crippen LogP contribution in [0, 0.1) is 0 Å². The van der Waals surface area contributed by atoms with Crippen molar-refractivity contribution in [2.24, 2.45) is 0 Å². The Morgan fingerprint density at radius 1 is 0.444 bits per heavy atom. The van der Waals surface area contributed by atoms with E-state index in [4.69, 9.17) is 4.42 Å².